The number of alkyl halides is 5. The molecule has 0 bridgehead atoms. The molecule has 7 nitrogen and oxygen atoms in total. The zero-order valence-corrected chi connectivity index (χ0v) is 15.2. The van der Waals surface area contributed by atoms with Crippen molar-refractivity contribution in [3.8, 4) is 0 Å². The van der Waals surface area contributed by atoms with E-state index in [-0.39, 0.29) is 5.56 Å². The van der Waals surface area contributed by atoms with Crippen LogP contribution in [0.25, 0.3) is 0 Å². The Morgan fingerprint density at radius 3 is 2.70 bits per heavy atom. The average molecular weight is 436 g/mol. The van der Waals surface area contributed by atoms with E-state index in [0.29, 0.717) is 6.39 Å². The van der Waals surface area contributed by atoms with Crippen LogP contribution in [0.5, 0.6) is 0 Å². The van der Waals surface area contributed by atoms with E-state index in [9.17, 15) is 31.1 Å². The van der Waals surface area contributed by atoms with E-state index in [0.717, 1.165) is 19.1 Å². The highest BCUT2D eigenvalue weighted by Gasteiger charge is 2.56. The second kappa shape index (κ2) is 7.22. The average Bonchev–Trinajstić information content (AvgIpc) is 3.15. The zero-order valence-electron chi connectivity index (χ0n) is 15.2. The maximum atomic E-state index is 14.4. The summed E-state index contributed by atoms with van der Waals surface area (Å²) in [5.74, 6) is -7.42. The Bertz CT molecular complexity index is 1000. The molecule has 3 rings (SSSR count). The number of aromatic nitrogens is 1. The summed E-state index contributed by atoms with van der Waals surface area (Å²) in [5.41, 5.74) is 1.57. The van der Waals surface area contributed by atoms with E-state index >= 15 is 0 Å². The molecule has 0 aliphatic carbocycles. The number of aliphatic imine (C=N–C) groups is 1. The minimum Gasteiger partial charge on any atom is -0.459 e. The lowest BCUT2D eigenvalue weighted by molar-refractivity contribution is -0.153. The summed E-state index contributed by atoms with van der Waals surface area (Å²) >= 11 is 0. The Morgan fingerprint density at radius 1 is 1.33 bits per heavy atom. The van der Waals surface area contributed by atoms with Crippen molar-refractivity contribution in [2.24, 2.45) is 10.7 Å². The predicted octanol–water partition coefficient (Wildman–Crippen LogP) is 2.96. The van der Waals surface area contributed by atoms with Gasteiger partial charge in [0, 0.05) is 12.1 Å². The van der Waals surface area contributed by atoms with Crippen molar-refractivity contribution in [3.05, 3.63) is 53.0 Å². The molecule has 3 N–H and O–H groups in total. The van der Waals surface area contributed by atoms with Gasteiger partial charge in [0.25, 0.3) is 11.9 Å². The van der Waals surface area contributed by atoms with E-state index in [2.05, 4.69) is 24.4 Å². The van der Waals surface area contributed by atoms with Gasteiger partial charge < -0.3 is 20.2 Å². The summed E-state index contributed by atoms with van der Waals surface area (Å²) < 4.78 is 90.3. The van der Waals surface area contributed by atoms with Crippen molar-refractivity contribution in [1.29, 1.82) is 0 Å². The molecule has 0 fully saturated rings. The largest absolute Gasteiger partial charge is 0.459 e. The molecule has 0 saturated heterocycles. The number of carbonyl (C=O) groups is 1. The van der Waals surface area contributed by atoms with Crippen LogP contribution in [0.15, 0.2) is 34.0 Å². The predicted molar refractivity (Wildman–Crippen MR) is 88.9 cm³/mol. The van der Waals surface area contributed by atoms with Gasteiger partial charge in [0.2, 0.25) is 5.76 Å². The number of amidine groups is 1. The molecule has 0 saturated carbocycles. The lowest BCUT2D eigenvalue weighted by Gasteiger charge is -2.37. The fraction of sp³-hybridized carbons (Fsp3) is 0.353. The smallest absolute Gasteiger partial charge is 0.452 e. The molecule has 2 heterocycles. The van der Waals surface area contributed by atoms with E-state index < -0.39 is 65.6 Å². The lowest BCUT2D eigenvalue weighted by atomic mass is 9.84. The van der Waals surface area contributed by atoms with Crippen molar-refractivity contribution in [2.75, 3.05) is 6.61 Å². The van der Waals surface area contributed by atoms with Crippen LogP contribution in [0.2, 0.25) is 0 Å². The van der Waals surface area contributed by atoms with Crippen LogP contribution in [-0.4, -0.2) is 29.4 Å². The number of nitrogens with two attached hydrogens (primary N) is 1. The van der Waals surface area contributed by atoms with Crippen LogP contribution in [0.3, 0.4) is 0 Å². The highest BCUT2D eigenvalue weighted by atomic mass is 19.4. The SMILES string of the molecule is CC1(c2cc(CNC(=O)c3ncoc3C(F)(F)F)ccc2F)N=C(N)OCC1(F)F. The highest BCUT2D eigenvalue weighted by Crippen LogP contribution is 2.44. The second-order valence-electron chi connectivity index (χ2n) is 6.54. The van der Waals surface area contributed by atoms with Crippen LogP contribution in [0.1, 0.15) is 34.3 Å². The number of amides is 1. The van der Waals surface area contributed by atoms with Crippen molar-refractivity contribution >= 4 is 11.9 Å². The van der Waals surface area contributed by atoms with Crippen LogP contribution in [0.4, 0.5) is 26.3 Å². The molecule has 0 spiro atoms. The van der Waals surface area contributed by atoms with Crippen LogP contribution in [-0.2, 0) is 23.0 Å². The second-order valence-corrected chi connectivity index (χ2v) is 6.54. The first-order valence-electron chi connectivity index (χ1n) is 8.29. The molecule has 0 radical (unpaired) electrons. The van der Waals surface area contributed by atoms with E-state index in [4.69, 9.17) is 5.73 Å². The summed E-state index contributed by atoms with van der Waals surface area (Å²) in [7, 11) is 0. The third kappa shape index (κ3) is 3.78. The number of benzene rings is 1. The lowest BCUT2D eigenvalue weighted by Crippen LogP contribution is -2.51. The molecule has 1 aromatic heterocycles. The molecule has 162 valence electrons. The molecule has 13 heteroatoms. The molecular formula is C17H14F6N4O3. The van der Waals surface area contributed by atoms with Gasteiger partial charge in [0.1, 0.15) is 5.82 Å². The molecule has 1 aliphatic rings. The van der Waals surface area contributed by atoms with Gasteiger partial charge in [-0.1, -0.05) is 6.07 Å². The first kappa shape index (κ1) is 21.5. The van der Waals surface area contributed by atoms with Gasteiger partial charge in [-0.3, -0.25) is 4.79 Å². The quantitative estimate of drug-likeness (QED) is 0.718. The standard InChI is InChI=1S/C17H14F6N4O3/c1-15(16(19,20)6-29-14(24)27-15)9-4-8(2-3-10(9)18)5-25-13(28)11-12(17(21,22)23)30-7-26-11/h2-4,7H,5-6H2,1H3,(H2,24,27)(H,25,28). The summed E-state index contributed by atoms with van der Waals surface area (Å²) in [5, 5.41) is 2.15. The molecule has 1 aliphatic heterocycles. The summed E-state index contributed by atoms with van der Waals surface area (Å²) in [6.45, 7) is -0.562. The van der Waals surface area contributed by atoms with E-state index in [1.807, 2.05) is 0 Å². The van der Waals surface area contributed by atoms with Gasteiger partial charge in [-0.15, -0.1) is 0 Å². The number of carbonyl (C=O) groups excluding carboxylic acids is 1. The first-order chi connectivity index (χ1) is 13.8. The van der Waals surface area contributed by atoms with Gasteiger partial charge in [0.15, 0.2) is 24.2 Å². The zero-order chi connectivity index (χ0) is 22.3. The maximum Gasteiger partial charge on any atom is 0.452 e. The summed E-state index contributed by atoms with van der Waals surface area (Å²) in [4.78, 5) is 18.8. The topological polar surface area (TPSA) is 103 Å². The first-order valence-corrected chi connectivity index (χ1v) is 8.29. The van der Waals surface area contributed by atoms with Crippen molar-refractivity contribution in [3.63, 3.8) is 0 Å². The number of oxazole rings is 1. The Labute approximate surface area is 164 Å². The molecule has 1 atom stereocenters. The van der Waals surface area contributed by atoms with Crippen LogP contribution >= 0.6 is 0 Å². The van der Waals surface area contributed by atoms with Crippen molar-refractivity contribution in [1.82, 2.24) is 10.3 Å². The number of ether oxygens (including phenoxy) is 1. The van der Waals surface area contributed by atoms with Gasteiger partial charge in [-0.2, -0.15) is 22.0 Å². The Morgan fingerprint density at radius 2 is 2.03 bits per heavy atom. The molecule has 2 aromatic rings. The van der Waals surface area contributed by atoms with Crippen molar-refractivity contribution in [2.45, 2.75) is 31.1 Å². The fourth-order valence-electron chi connectivity index (χ4n) is 2.83. The van der Waals surface area contributed by atoms with Crippen LogP contribution < -0.4 is 11.1 Å². The Balaban J connectivity index is 1.86. The number of hydrogen-bond donors (Lipinski definition) is 2. The number of halogens is 6. The van der Waals surface area contributed by atoms with Gasteiger partial charge >= 0.3 is 12.1 Å². The molecule has 1 amide bonds. The van der Waals surface area contributed by atoms with E-state index in [1.54, 1.807) is 0 Å². The molecule has 1 aromatic carbocycles. The third-order valence-corrected chi connectivity index (χ3v) is 4.50. The highest BCUT2D eigenvalue weighted by molar-refractivity contribution is 5.93. The summed E-state index contributed by atoms with van der Waals surface area (Å²) in [6, 6.07) is 2.50. The summed E-state index contributed by atoms with van der Waals surface area (Å²) in [6.07, 6.45) is -4.47. The normalized spacial score (nSPS) is 21.0. The number of nitrogens with zero attached hydrogens (tertiary/aromatic N) is 2. The Kier molecular flexibility index (Phi) is 5.16. The van der Waals surface area contributed by atoms with Crippen molar-refractivity contribution < 1.29 is 40.3 Å². The number of rotatable bonds is 4. The molecular weight excluding hydrogens is 422 g/mol. The Hall–Kier alpha value is -3.25. The number of hydrogen-bond acceptors (Lipinski definition) is 6. The molecule has 30 heavy (non-hydrogen) atoms. The minimum atomic E-state index is -4.94. The minimum absolute atomic E-state index is 0.120. The molecule has 1 unspecified atom stereocenters. The third-order valence-electron chi connectivity index (χ3n) is 4.50. The van der Waals surface area contributed by atoms with Gasteiger partial charge in [0.05, 0.1) is 0 Å². The van der Waals surface area contributed by atoms with Gasteiger partial charge in [-0.05, 0) is 24.6 Å². The number of nitrogens with one attached hydrogen (secondary N) is 1. The monoisotopic (exact) mass is 436 g/mol. The van der Waals surface area contributed by atoms with Gasteiger partial charge in [-0.25, -0.2) is 14.4 Å². The fourth-order valence-corrected chi connectivity index (χ4v) is 2.83. The maximum absolute atomic E-state index is 14.4. The van der Waals surface area contributed by atoms with E-state index in [1.165, 1.54) is 6.07 Å². The van der Waals surface area contributed by atoms with Crippen LogP contribution in [0, 0.1) is 5.82 Å².